The number of nitrogen functional groups attached to an aromatic ring is 2. The fraction of sp³-hybridized carbons (Fsp3) is 0. The normalized spacial score (nSPS) is 10.2. The summed E-state index contributed by atoms with van der Waals surface area (Å²) in [7, 11) is 0. The van der Waals surface area contributed by atoms with Crippen LogP contribution in [0.4, 0.5) is 11.4 Å². The summed E-state index contributed by atoms with van der Waals surface area (Å²) in [5, 5.41) is 0. The molecule has 0 aromatic heterocycles. The van der Waals surface area contributed by atoms with Crippen molar-refractivity contribution < 1.29 is 33.8 Å². The van der Waals surface area contributed by atoms with Crippen LogP contribution in [0.2, 0.25) is 0 Å². The van der Waals surface area contributed by atoms with E-state index in [9.17, 15) is 0 Å². The summed E-state index contributed by atoms with van der Waals surface area (Å²) in [6.07, 6.45) is 0. The van der Waals surface area contributed by atoms with E-state index in [0.717, 1.165) is 0 Å². The Balaban J connectivity index is 0.000000252. The van der Waals surface area contributed by atoms with E-state index in [1.54, 1.807) is 12.1 Å². The number of hydrogen-bond donors (Lipinski definition) is 3. The molecular formula is C6H9IN2O4. The van der Waals surface area contributed by atoms with Crippen LogP contribution < -0.4 is 41.9 Å². The molecule has 74 valence electrons. The zero-order valence-electron chi connectivity index (χ0n) is 6.51. The summed E-state index contributed by atoms with van der Waals surface area (Å²) >= 11 is -5.69. The first-order valence-electron chi connectivity index (χ1n) is 3.04. The molecular weight excluding hydrogens is 291 g/mol. The van der Waals surface area contributed by atoms with Crippen LogP contribution in [0.3, 0.4) is 0 Å². The standard InChI is InChI=1S/C6H8N2.HIO4/c7-5-3-1-2-4-6(5)8;2-1(3,4)5/h1-4H,7-8H2;2H. The fourth-order valence-electron chi connectivity index (χ4n) is 0.511. The van der Waals surface area contributed by atoms with Crippen molar-refractivity contribution in [1.29, 1.82) is 0 Å². The molecule has 1 aromatic rings. The molecule has 0 spiro atoms. The highest BCUT2D eigenvalue weighted by atomic mass is 127. The van der Waals surface area contributed by atoms with Crippen LogP contribution in [0.25, 0.3) is 0 Å². The van der Waals surface area contributed by atoms with Crippen molar-refractivity contribution in [3.63, 3.8) is 0 Å². The van der Waals surface area contributed by atoms with Gasteiger partial charge in [-0.2, -0.15) is 0 Å². The molecule has 0 saturated carbocycles. The smallest absolute Gasteiger partial charge is 0.368 e. The van der Waals surface area contributed by atoms with Crippen LogP contribution in [0.15, 0.2) is 24.3 Å². The second kappa shape index (κ2) is 5.19. The molecule has 13 heavy (non-hydrogen) atoms. The number of anilines is 2. The number of nitrogens with two attached hydrogens (primary N) is 2. The van der Waals surface area contributed by atoms with Gasteiger partial charge in [-0.05, 0) is 12.1 Å². The van der Waals surface area contributed by atoms with Crippen molar-refractivity contribution in [3.05, 3.63) is 24.3 Å². The van der Waals surface area contributed by atoms with Gasteiger partial charge in [-0.1, -0.05) is 12.1 Å². The van der Waals surface area contributed by atoms with Crippen molar-refractivity contribution in [3.8, 4) is 0 Å². The predicted octanol–water partition coefficient (Wildman–Crippen LogP) is -6.27. The minimum Gasteiger partial charge on any atom is -0.397 e. The van der Waals surface area contributed by atoms with Crippen molar-refractivity contribution in [2.75, 3.05) is 11.5 Å². The summed E-state index contributed by atoms with van der Waals surface area (Å²) in [5.74, 6) is 0. The van der Waals surface area contributed by atoms with E-state index in [1.807, 2.05) is 12.1 Å². The van der Waals surface area contributed by atoms with E-state index >= 15 is 0 Å². The zero-order valence-corrected chi connectivity index (χ0v) is 8.67. The highest BCUT2D eigenvalue weighted by Crippen LogP contribution is 2.10. The van der Waals surface area contributed by atoms with Crippen molar-refractivity contribution in [2.24, 2.45) is 0 Å². The van der Waals surface area contributed by atoms with E-state index in [4.69, 9.17) is 25.2 Å². The van der Waals surface area contributed by atoms with Crippen molar-refractivity contribution in [2.45, 2.75) is 0 Å². The number of hydrogen-bond acceptors (Lipinski definition) is 6. The minimum atomic E-state index is -5.69. The lowest BCUT2D eigenvalue weighted by Gasteiger charge is -1.94. The van der Waals surface area contributed by atoms with E-state index in [1.165, 1.54) is 0 Å². The summed E-state index contributed by atoms with van der Waals surface area (Å²) in [6, 6.07) is 7.25. The van der Waals surface area contributed by atoms with E-state index < -0.39 is 20.1 Å². The van der Waals surface area contributed by atoms with Gasteiger partial charge in [0.2, 0.25) is 0 Å². The summed E-state index contributed by atoms with van der Waals surface area (Å²) < 4.78 is 33.2. The van der Waals surface area contributed by atoms with Gasteiger partial charge in [0.15, 0.2) is 0 Å². The van der Waals surface area contributed by atoms with Gasteiger partial charge < -0.3 is 11.5 Å². The molecule has 0 aliphatic carbocycles. The summed E-state index contributed by atoms with van der Waals surface area (Å²) in [5.41, 5.74) is 12.1. The maximum absolute atomic E-state index is 8.73. The van der Waals surface area contributed by atoms with Gasteiger partial charge >= 0.3 is 20.1 Å². The first-order chi connectivity index (χ1) is 5.80. The number of halogens is 1. The quantitative estimate of drug-likeness (QED) is 0.321. The molecule has 0 aliphatic rings. The van der Waals surface area contributed by atoms with E-state index in [2.05, 4.69) is 0 Å². The van der Waals surface area contributed by atoms with Gasteiger partial charge in [0.25, 0.3) is 0 Å². The first kappa shape index (κ1) is 12.4. The van der Waals surface area contributed by atoms with Gasteiger partial charge in [0.1, 0.15) is 0 Å². The maximum atomic E-state index is 8.73. The third kappa shape index (κ3) is 9.30. The SMILES string of the molecule is Nc1ccccc1N.[O-][I+3]([O-])([O-])O. The van der Waals surface area contributed by atoms with Crippen LogP contribution in [0.1, 0.15) is 0 Å². The van der Waals surface area contributed by atoms with E-state index in [-0.39, 0.29) is 0 Å². The molecule has 1 aromatic carbocycles. The lowest BCUT2D eigenvalue weighted by molar-refractivity contribution is -1.92. The predicted molar refractivity (Wildman–Crippen MR) is 37.5 cm³/mol. The third-order valence-electron chi connectivity index (χ3n) is 0.996. The van der Waals surface area contributed by atoms with Gasteiger partial charge in [0.05, 0.1) is 11.4 Å². The van der Waals surface area contributed by atoms with Crippen LogP contribution in [-0.4, -0.2) is 3.44 Å². The molecule has 0 aliphatic heterocycles. The highest BCUT2D eigenvalue weighted by Gasteiger charge is 2.11. The average Bonchev–Trinajstić information content (AvgIpc) is 1.92. The molecule has 0 unspecified atom stereocenters. The number of rotatable bonds is 0. The molecule has 0 radical (unpaired) electrons. The monoisotopic (exact) mass is 300 g/mol. The second-order valence-electron chi connectivity index (χ2n) is 2.02. The van der Waals surface area contributed by atoms with Crippen LogP contribution in [-0.2, 0) is 0 Å². The van der Waals surface area contributed by atoms with Gasteiger partial charge in [-0.3, -0.25) is 10.3 Å². The van der Waals surface area contributed by atoms with Gasteiger partial charge in [0, 0.05) is 3.44 Å². The number of para-hydroxylation sites is 2. The Morgan fingerprint density at radius 3 is 1.38 bits per heavy atom. The Bertz CT molecular complexity index is 236. The topological polar surface area (TPSA) is 141 Å². The lowest BCUT2D eigenvalue weighted by Crippen LogP contribution is -4.23. The Morgan fingerprint density at radius 1 is 1.00 bits per heavy atom. The second-order valence-corrected chi connectivity index (χ2v) is 4.29. The maximum Gasteiger partial charge on any atom is 0.368 e. The Hall–Kier alpha value is -0.610. The fourth-order valence-corrected chi connectivity index (χ4v) is 0.511. The molecule has 0 atom stereocenters. The molecule has 0 fully saturated rings. The highest BCUT2D eigenvalue weighted by molar-refractivity contribution is 5.62. The number of benzene rings is 1. The molecule has 1 rings (SSSR count). The van der Waals surface area contributed by atoms with Gasteiger partial charge in [-0.15, -0.1) is 0 Å². The van der Waals surface area contributed by atoms with Gasteiger partial charge in [-0.25, -0.2) is 0 Å². The molecule has 0 bridgehead atoms. The molecule has 0 saturated heterocycles. The van der Waals surface area contributed by atoms with Crippen molar-refractivity contribution in [1.82, 2.24) is 0 Å². The average molecular weight is 300 g/mol. The van der Waals surface area contributed by atoms with E-state index in [0.29, 0.717) is 11.4 Å². The van der Waals surface area contributed by atoms with Crippen LogP contribution in [0.5, 0.6) is 0 Å². The minimum absolute atomic E-state index is 0.646. The van der Waals surface area contributed by atoms with Crippen LogP contribution in [0, 0.1) is 0 Å². The molecule has 7 heteroatoms. The molecule has 0 heterocycles. The Morgan fingerprint density at radius 2 is 1.23 bits per heavy atom. The molecule has 5 N–H and O–H groups in total. The zero-order chi connectivity index (χ0) is 10.5. The Labute approximate surface area is 81.1 Å². The summed E-state index contributed by atoms with van der Waals surface area (Å²) in [6.45, 7) is 0. The van der Waals surface area contributed by atoms with Crippen molar-refractivity contribution >= 4 is 11.4 Å². The van der Waals surface area contributed by atoms with Crippen LogP contribution >= 0.6 is 0 Å². The first-order valence-corrected chi connectivity index (χ1v) is 6.64. The largest absolute Gasteiger partial charge is 0.397 e. The lowest BCUT2D eigenvalue weighted by atomic mass is 10.3. The third-order valence-corrected chi connectivity index (χ3v) is 0.996. The molecule has 0 amide bonds. The summed E-state index contributed by atoms with van der Waals surface area (Å²) in [4.78, 5) is 0. The molecule has 6 nitrogen and oxygen atoms in total. The Kier molecular flexibility index (Phi) is 4.95.